The van der Waals surface area contributed by atoms with E-state index in [0.717, 1.165) is 17.7 Å². The van der Waals surface area contributed by atoms with Crippen molar-refractivity contribution in [2.45, 2.75) is 19.4 Å². The Morgan fingerprint density at radius 1 is 1.45 bits per heavy atom. The topological polar surface area (TPSA) is 106 Å². The Morgan fingerprint density at radius 3 is 3.14 bits per heavy atom. The molecule has 22 heavy (non-hydrogen) atoms. The number of aryl methyl sites for hydroxylation is 1. The van der Waals surface area contributed by atoms with Gasteiger partial charge >= 0.3 is 11.8 Å². The molecule has 0 aliphatic carbocycles. The number of hydrogen-bond acceptors (Lipinski definition) is 6. The van der Waals surface area contributed by atoms with Gasteiger partial charge in [-0.05, 0) is 18.1 Å². The summed E-state index contributed by atoms with van der Waals surface area (Å²) < 4.78 is 10.4. The highest BCUT2D eigenvalue weighted by Crippen LogP contribution is 2.27. The van der Waals surface area contributed by atoms with Gasteiger partial charge in [0.25, 0.3) is 0 Å². The maximum atomic E-state index is 11.4. The molecule has 1 aromatic carbocycles. The Morgan fingerprint density at radius 2 is 2.32 bits per heavy atom. The molecule has 0 spiro atoms. The number of ether oxygens (including phenoxy) is 1. The number of hydrogen-bond donors (Lipinski definition) is 2. The third kappa shape index (κ3) is 2.90. The largest absolute Gasteiger partial charge is 0.485 e. The minimum absolute atomic E-state index is 0.00182. The number of rotatable bonds is 4. The van der Waals surface area contributed by atoms with E-state index in [1.807, 2.05) is 12.1 Å². The first-order chi connectivity index (χ1) is 10.7. The van der Waals surface area contributed by atoms with Gasteiger partial charge in [0.2, 0.25) is 11.7 Å². The van der Waals surface area contributed by atoms with E-state index < -0.39 is 5.91 Å². The maximum Gasteiger partial charge on any atom is 0.316 e. The predicted octanol–water partition coefficient (Wildman–Crippen LogP) is 0.893. The van der Waals surface area contributed by atoms with Crippen LogP contribution in [0.1, 0.15) is 28.5 Å². The number of anilines is 1. The quantitative estimate of drug-likeness (QED) is 0.869. The summed E-state index contributed by atoms with van der Waals surface area (Å²) in [5.74, 6) is 0.277. The highest BCUT2D eigenvalue weighted by atomic mass is 16.5. The van der Waals surface area contributed by atoms with Gasteiger partial charge < -0.3 is 19.9 Å². The summed E-state index contributed by atoms with van der Waals surface area (Å²) in [6, 6.07) is 5.48. The minimum atomic E-state index is -0.449. The number of nitrogens with one attached hydrogen (secondary N) is 2. The summed E-state index contributed by atoms with van der Waals surface area (Å²) in [5.41, 5.74) is 1.83. The standard InChI is InChI=1S/C14H14N4O4/c1-15-13(20)14-17-11(18-22-14)7-21-9-4-2-8-3-5-12(19)16-10(8)6-9/h2,4,6H,3,5,7H2,1H3,(H,15,20)(H,16,19). The van der Waals surface area contributed by atoms with E-state index >= 15 is 0 Å². The van der Waals surface area contributed by atoms with Crippen LogP contribution in [0.5, 0.6) is 5.75 Å². The minimum Gasteiger partial charge on any atom is -0.485 e. The van der Waals surface area contributed by atoms with Crippen LogP contribution in [0, 0.1) is 0 Å². The van der Waals surface area contributed by atoms with Crippen LogP contribution in [0.2, 0.25) is 0 Å². The molecule has 0 saturated heterocycles. The molecule has 1 aromatic heterocycles. The van der Waals surface area contributed by atoms with Crippen LogP contribution >= 0.6 is 0 Å². The highest BCUT2D eigenvalue weighted by molar-refractivity contribution is 5.94. The summed E-state index contributed by atoms with van der Waals surface area (Å²) in [6.45, 7) is 0.0627. The second-order valence-electron chi connectivity index (χ2n) is 4.75. The molecule has 2 aromatic rings. The molecule has 1 aliphatic rings. The average Bonchev–Trinajstić information content (AvgIpc) is 3.00. The van der Waals surface area contributed by atoms with Crippen LogP contribution in [0.3, 0.4) is 0 Å². The monoisotopic (exact) mass is 302 g/mol. The molecule has 1 aliphatic heterocycles. The maximum absolute atomic E-state index is 11.4. The van der Waals surface area contributed by atoms with Crippen LogP contribution in [0.4, 0.5) is 5.69 Å². The highest BCUT2D eigenvalue weighted by Gasteiger charge is 2.16. The number of carbonyl (C=O) groups excluding carboxylic acids is 2. The van der Waals surface area contributed by atoms with Gasteiger partial charge in [0, 0.05) is 25.2 Å². The van der Waals surface area contributed by atoms with E-state index in [9.17, 15) is 9.59 Å². The number of fused-ring (bicyclic) bond motifs is 1. The Balaban J connectivity index is 1.66. The predicted molar refractivity (Wildman–Crippen MR) is 75.4 cm³/mol. The van der Waals surface area contributed by atoms with Gasteiger partial charge in [0.05, 0.1) is 0 Å². The van der Waals surface area contributed by atoms with E-state index in [2.05, 4.69) is 20.8 Å². The molecular formula is C14H14N4O4. The lowest BCUT2D eigenvalue weighted by Crippen LogP contribution is -2.18. The SMILES string of the molecule is CNC(=O)c1nc(COc2ccc3c(c2)NC(=O)CC3)no1. The first-order valence-corrected chi connectivity index (χ1v) is 6.76. The van der Waals surface area contributed by atoms with Crippen LogP contribution in [0.15, 0.2) is 22.7 Å². The van der Waals surface area contributed by atoms with Gasteiger partial charge in [-0.2, -0.15) is 4.98 Å². The third-order valence-corrected chi connectivity index (χ3v) is 3.23. The first-order valence-electron chi connectivity index (χ1n) is 6.76. The summed E-state index contributed by atoms with van der Waals surface area (Å²) in [7, 11) is 1.48. The number of carbonyl (C=O) groups is 2. The molecule has 3 rings (SSSR count). The molecule has 2 heterocycles. The first kappa shape index (κ1) is 14.1. The second kappa shape index (κ2) is 5.84. The molecule has 0 radical (unpaired) electrons. The fourth-order valence-electron chi connectivity index (χ4n) is 2.10. The molecule has 0 unspecified atom stereocenters. The van der Waals surface area contributed by atoms with E-state index in [4.69, 9.17) is 9.26 Å². The number of benzene rings is 1. The molecule has 0 saturated carbocycles. The van der Waals surface area contributed by atoms with Crippen molar-refractivity contribution in [3.8, 4) is 5.75 Å². The molecule has 8 heteroatoms. The van der Waals surface area contributed by atoms with E-state index in [1.54, 1.807) is 6.07 Å². The Labute approximate surface area is 125 Å². The van der Waals surface area contributed by atoms with Crippen molar-refractivity contribution < 1.29 is 18.8 Å². The molecule has 0 bridgehead atoms. The zero-order valence-electron chi connectivity index (χ0n) is 11.9. The van der Waals surface area contributed by atoms with Gasteiger partial charge in [-0.15, -0.1) is 0 Å². The molecule has 2 amide bonds. The van der Waals surface area contributed by atoms with Crippen molar-refractivity contribution in [1.82, 2.24) is 15.5 Å². The van der Waals surface area contributed by atoms with Crippen molar-refractivity contribution >= 4 is 17.5 Å². The molecule has 2 N–H and O–H groups in total. The average molecular weight is 302 g/mol. The number of amides is 2. The van der Waals surface area contributed by atoms with E-state index in [-0.39, 0.29) is 24.2 Å². The summed E-state index contributed by atoms with van der Waals surface area (Å²) in [6.07, 6.45) is 1.22. The van der Waals surface area contributed by atoms with Crippen molar-refractivity contribution in [3.05, 3.63) is 35.5 Å². The van der Waals surface area contributed by atoms with Gasteiger partial charge in [0.15, 0.2) is 6.61 Å². The van der Waals surface area contributed by atoms with Crippen molar-refractivity contribution in [2.24, 2.45) is 0 Å². The number of aromatic nitrogens is 2. The third-order valence-electron chi connectivity index (χ3n) is 3.23. The van der Waals surface area contributed by atoms with Crippen molar-refractivity contribution in [3.63, 3.8) is 0 Å². The van der Waals surface area contributed by atoms with Crippen LogP contribution in [0.25, 0.3) is 0 Å². The van der Waals surface area contributed by atoms with Crippen LogP contribution < -0.4 is 15.4 Å². The molecule has 8 nitrogen and oxygen atoms in total. The molecular weight excluding hydrogens is 288 g/mol. The lowest BCUT2D eigenvalue weighted by atomic mass is 10.0. The molecule has 114 valence electrons. The van der Waals surface area contributed by atoms with Gasteiger partial charge in [0.1, 0.15) is 5.75 Å². The van der Waals surface area contributed by atoms with Gasteiger partial charge in [-0.1, -0.05) is 11.2 Å². The molecule has 0 atom stereocenters. The lowest BCUT2D eigenvalue weighted by Gasteiger charge is -2.17. The summed E-state index contributed by atoms with van der Waals surface area (Å²) >= 11 is 0. The Bertz CT molecular complexity index is 725. The Kier molecular flexibility index (Phi) is 3.73. The zero-order chi connectivity index (χ0) is 15.5. The fraction of sp³-hybridized carbons (Fsp3) is 0.286. The van der Waals surface area contributed by atoms with Gasteiger partial charge in [-0.3, -0.25) is 9.59 Å². The summed E-state index contributed by atoms with van der Waals surface area (Å²) in [4.78, 5) is 26.6. The smallest absolute Gasteiger partial charge is 0.316 e. The normalized spacial score (nSPS) is 13.2. The second-order valence-corrected chi connectivity index (χ2v) is 4.75. The lowest BCUT2D eigenvalue weighted by molar-refractivity contribution is -0.116. The summed E-state index contributed by atoms with van der Waals surface area (Å²) in [5, 5.41) is 8.85. The van der Waals surface area contributed by atoms with Crippen LogP contribution in [-0.2, 0) is 17.8 Å². The van der Waals surface area contributed by atoms with E-state index in [1.165, 1.54) is 7.05 Å². The molecule has 0 fully saturated rings. The van der Waals surface area contributed by atoms with Gasteiger partial charge in [-0.25, -0.2) is 0 Å². The van der Waals surface area contributed by atoms with Crippen LogP contribution in [-0.4, -0.2) is 29.0 Å². The number of nitrogens with zero attached hydrogens (tertiary/aromatic N) is 2. The van der Waals surface area contributed by atoms with Crippen molar-refractivity contribution in [1.29, 1.82) is 0 Å². The van der Waals surface area contributed by atoms with Crippen molar-refractivity contribution in [2.75, 3.05) is 12.4 Å². The van der Waals surface area contributed by atoms with E-state index in [0.29, 0.717) is 12.2 Å². The Hall–Kier alpha value is -2.90. The fourth-order valence-corrected chi connectivity index (χ4v) is 2.10. The zero-order valence-corrected chi connectivity index (χ0v) is 11.9.